The third kappa shape index (κ3) is 2.47. The minimum absolute atomic E-state index is 0.124. The molecule has 6 nitrogen and oxygen atoms in total. The monoisotopic (exact) mass is 252 g/mol. The first-order chi connectivity index (χ1) is 6.91. The van der Waals surface area contributed by atoms with Crippen LogP contribution in [0.4, 0.5) is 5.00 Å². The largest absolute Gasteiger partial charge is 0.389 e. The van der Waals surface area contributed by atoms with E-state index in [2.05, 4.69) is 0 Å². The van der Waals surface area contributed by atoms with Crippen molar-refractivity contribution in [2.75, 3.05) is 20.0 Å². The van der Waals surface area contributed by atoms with Crippen molar-refractivity contribution in [1.82, 2.24) is 0 Å². The molecule has 0 spiro atoms. The van der Waals surface area contributed by atoms with Gasteiger partial charge in [0.2, 0.25) is 10.0 Å². The van der Waals surface area contributed by atoms with Crippen LogP contribution in [0.25, 0.3) is 0 Å². The van der Waals surface area contributed by atoms with Crippen LogP contribution >= 0.6 is 11.3 Å². The summed E-state index contributed by atoms with van der Waals surface area (Å²) in [4.78, 5) is -0.124. The van der Waals surface area contributed by atoms with E-state index in [9.17, 15) is 8.42 Å². The number of hydrogen-bond acceptors (Lipinski definition) is 6. The lowest BCUT2D eigenvalue weighted by molar-refractivity contribution is -0.107. The normalized spacial score (nSPS) is 12.3. The summed E-state index contributed by atoms with van der Waals surface area (Å²) >= 11 is 1.08. The van der Waals surface area contributed by atoms with Gasteiger partial charge >= 0.3 is 0 Å². The lowest BCUT2D eigenvalue weighted by Crippen LogP contribution is -2.17. The van der Waals surface area contributed by atoms with E-state index in [4.69, 9.17) is 20.3 Å². The van der Waals surface area contributed by atoms with E-state index >= 15 is 0 Å². The molecule has 1 aromatic heterocycles. The van der Waals surface area contributed by atoms with Crippen LogP contribution in [0.3, 0.4) is 0 Å². The van der Waals surface area contributed by atoms with Gasteiger partial charge in [-0.25, -0.2) is 13.6 Å². The van der Waals surface area contributed by atoms with Gasteiger partial charge in [-0.2, -0.15) is 0 Å². The molecule has 15 heavy (non-hydrogen) atoms. The third-order valence-electron chi connectivity index (χ3n) is 1.77. The molecule has 0 aliphatic carbocycles. The molecule has 86 valence electrons. The minimum Gasteiger partial charge on any atom is -0.389 e. The molecule has 1 aromatic rings. The van der Waals surface area contributed by atoms with Gasteiger partial charge in [0.1, 0.15) is 9.90 Å². The SMILES string of the molecule is COC(OC)c1csc(N)c1S(N)(=O)=O. The molecule has 1 rings (SSSR count). The Morgan fingerprint density at radius 1 is 1.40 bits per heavy atom. The molecule has 8 heteroatoms. The Hall–Kier alpha value is -0.670. The first kappa shape index (κ1) is 12.4. The zero-order valence-corrected chi connectivity index (χ0v) is 9.89. The summed E-state index contributed by atoms with van der Waals surface area (Å²) < 4.78 is 32.4. The maximum absolute atomic E-state index is 11.3. The zero-order chi connectivity index (χ0) is 11.6. The van der Waals surface area contributed by atoms with E-state index in [0.29, 0.717) is 5.56 Å². The van der Waals surface area contributed by atoms with E-state index in [0.717, 1.165) is 11.3 Å². The van der Waals surface area contributed by atoms with Crippen molar-refractivity contribution in [3.63, 3.8) is 0 Å². The van der Waals surface area contributed by atoms with Crippen molar-refractivity contribution in [3.8, 4) is 0 Å². The van der Waals surface area contributed by atoms with E-state index in [1.165, 1.54) is 14.2 Å². The summed E-state index contributed by atoms with van der Waals surface area (Å²) in [6, 6.07) is 0. The Kier molecular flexibility index (Phi) is 3.68. The van der Waals surface area contributed by atoms with Crippen LogP contribution in [0.2, 0.25) is 0 Å². The molecule has 0 saturated carbocycles. The van der Waals surface area contributed by atoms with E-state index in [1.807, 2.05) is 0 Å². The van der Waals surface area contributed by atoms with Gasteiger partial charge < -0.3 is 15.2 Å². The summed E-state index contributed by atoms with van der Waals surface area (Å²) in [7, 11) is -1.07. The number of sulfonamides is 1. The zero-order valence-electron chi connectivity index (χ0n) is 8.26. The Balaban J connectivity index is 3.32. The summed E-state index contributed by atoms with van der Waals surface area (Å²) in [6.45, 7) is 0. The van der Waals surface area contributed by atoms with Crippen LogP contribution in [-0.4, -0.2) is 22.6 Å². The average Bonchev–Trinajstić information content (AvgIpc) is 2.49. The van der Waals surface area contributed by atoms with Gasteiger partial charge in [-0.15, -0.1) is 11.3 Å². The van der Waals surface area contributed by atoms with E-state index in [1.54, 1.807) is 5.38 Å². The maximum Gasteiger partial charge on any atom is 0.241 e. The second kappa shape index (κ2) is 4.45. The highest BCUT2D eigenvalue weighted by molar-refractivity contribution is 7.89. The fourth-order valence-electron chi connectivity index (χ4n) is 1.19. The number of ether oxygens (including phenoxy) is 2. The van der Waals surface area contributed by atoms with Gasteiger partial charge in [0.05, 0.1) is 0 Å². The summed E-state index contributed by atoms with van der Waals surface area (Å²) in [5.74, 6) is 0. The van der Waals surface area contributed by atoms with Crippen molar-refractivity contribution in [3.05, 3.63) is 10.9 Å². The molecule has 0 aliphatic rings. The van der Waals surface area contributed by atoms with Gasteiger partial charge in [-0.05, 0) is 0 Å². The van der Waals surface area contributed by atoms with Gasteiger partial charge in [-0.1, -0.05) is 0 Å². The molecule has 0 unspecified atom stereocenters. The van der Waals surface area contributed by atoms with Crippen LogP contribution < -0.4 is 10.9 Å². The number of rotatable bonds is 4. The summed E-state index contributed by atoms with van der Waals surface area (Å²) in [5, 5.41) is 6.72. The predicted molar refractivity (Wildman–Crippen MR) is 56.9 cm³/mol. The molecule has 1 heterocycles. The van der Waals surface area contributed by atoms with Crippen molar-refractivity contribution < 1.29 is 17.9 Å². The van der Waals surface area contributed by atoms with Gasteiger partial charge in [-0.3, -0.25) is 0 Å². The Labute approximate surface area is 91.8 Å². The van der Waals surface area contributed by atoms with Crippen molar-refractivity contribution in [2.45, 2.75) is 11.2 Å². The van der Waals surface area contributed by atoms with Crippen molar-refractivity contribution in [1.29, 1.82) is 0 Å². The van der Waals surface area contributed by atoms with Crippen LogP contribution in [0.5, 0.6) is 0 Å². The number of anilines is 1. The van der Waals surface area contributed by atoms with E-state index < -0.39 is 16.3 Å². The second-order valence-corrected chi connectivity index (χ2v) is 5.14. The molecule has 4 N–H and O–H groups in total. The highest BCUT2D eigenvalue weighted by atomic mass is 32.2. The molecule has 0 aromatic carbocycles. The fraction of sp³-hybridized carbons (Fsp3) is 0.429. The molecular weight excluding hydrogens is 240 g/mol. The number of methoxy groups -OCH3 is 2. The Morgan fingerprint density at radius 2 is 1.93 bits per heavy atom. The molecule has 0 amide bonds. The number of nitrogen functional groups attached to an aromatic ring is 1. The Morgan fingerprint density at radius 3 is 2.33 bits per heavy atom. The molecule has 0 aliphatic heterocycles. The van der Waals surface area contributed by atoms with Crippen LogP contribution in [0.15, 0.2) is 10.3 Å². The first-order valence-electron chi connectivity index (χ1n) is 3.87. The van der Waals surface area contributed by atoms with Crippen LogP contribution in [-0.2, 0) is 19.5 Å². The molecule has 0 fully saturated rings. The molecule has 0 bridgehead atoms. The fourth-order valence-corrected chi connectivity index (χ4v) is 3.23. The standard InChI is InChI=1S/C7H12N2O4S2/c1-12-7(13-2)4-3-14-6(8)5(4)15(9,10)11/h3,7H,8H2,1-2H3,(H2,9,10,11). The van der Waals surface area contributed by atoms with Crippen LogP contribution in [0, 0.1) is 0 Å². The van der Waals surface area contributed by atoms with Gasteiger partial charge in [0.25, 0.3) is 0 Å². The lowest BCUT2D eigenvalue weighted by atomic mass is 10.3. The number of nitrogens with two attached hydrogens (primary N) is 2. The minimum atomic E-state index is -3.86. The average molecular weight is 252 g/mol. The lowest BCUT2D eigenvalue weighted by Gasteiger charge is -2.13. The van der Waals surface area contributed by atoms with Crippen molar-refractivity contribution >= 4 is 26.4 Å². The van der Waals surface area contributed by atoms with Crippen LogP contribution in [0.1, 0.15) is 11.9 Å². The second-order valence-electron chi connectivity index (χ2n) is 2.73. The molecular formula is C7H12N2O4S2. The van der Waals surface area contributed by atoms with E-state index in [-0.39, 0.29) is 9.90 Å². The highest BCUT2D eigenvalue weighted by Crippen LogP contribution is 2.34. The Bertz CT molecular complexity index is 436. The summed E-state index contributed by atoms with van der Waals surface area (Å²) in [5.41, 5.74) is 5.85. The highest BCUT2D eigenvalue weighted by Gasteiger charge is 2.25. The third-order valence-corrected chi connectivity index (χ3v) is 3.75. The van der Waals surface area contributed by atoms with Gasteiger partial charge in [0.15, 0.2) is 6.29 Å². The first-order valence-corrected chi connectivity index (χ1v) is 6.29. The van der Waals surface area contributed by atoms with Crippen molar-refractivity contribution in [2.24, 2.45) is 5.14 Å². The maximum atomic E-state index is 11.3. The predicted octanol–water partition coefficient (Wildman–Crippen LogP) is 0.269. The smallest absolute Gasteiger partial charge is 0.241 e. The molecule has 0 atom stereocenters. The number of hydrogen-bond donors (Lipinski definition) is 2. The number of thiophene rings is 1. The number of primary sulfonamides is 1. The molecule has 0 saturated heterocycles. The summed E-state index contributed by atoms with van der Waals surface area (Å²) in [6.07, 6.45) is -0.785. The topological polar surface area (TPSA) is 105 Å². The van der Waals surface area contributed by atoms with Gasteiger partial charge in [0, 0.05) is 25.2 Å². The molecule has 0 radical (unpaired) electrons. The quantitative estimate of drug-likeness (QED) is 0.748.